The first-order chi connectivity index (χ1) is 39.2. The Morgan fingerprint density at radius 2 is 0.911 bits per heavy atom. The summed E-state index contributed by atoms with van der Waals surface area (Å²) in [6.07, 6.45) is 0. The highest BCUT2D eigenvalue weighted by Crippen LogP contribution is 2.65. The van der Waals surface area contributed by atoms with E-state index in [1.807, 2.05) is 11.3 Å². The van der Waals surface area contributed by atoms with Gasteiger partial charge in [0.15, 0.2) is 0 Å². The zero-order chi connectivity index (χ0) is 51.5. The fourth-order valence-corrected chi connectivity index (χ4v) is 15.5. The van der Waals surface area contributed by atoms with E-state index < -0.39 is 5.41 Å². The van der Waals surface area contributed by atoms with Crippen LogP contribution in [-0.2, 0) is 5.41 Å². The molecule has 366 valence electrons. The van der Waals surface area contributed by atoms with Crippen LogP contribution >= 0.6 is 11.3 Å². The molecule has 0 fully saturated rings. The van der Waals surface area contributed by atoms with E-state index in [-0.39, 0.29) is 0 Å². The molecule has 0 radical (unpaired) electrons. The van der Waals surface area contributed by atoms with Gasteiger partial charge in [-0.3, -0.25) is 0 Å². The molecular formula is C75H44N2OS. The Balaban J connectivity index is 0.871. The molecule has 4 heteroatoms. The summed E-state index contributed by atoms with van der Waals surface area (Å²) in [7, 11) is 0. The van der Waals surface area contributed by atoms with E-state index >= 15 is 0 Å². The van der Waals surface area contributed by atoms with Crippen LogP contribution in [0.2, 0.25) is 0 Å². The summed E-state index contributed by atoms with van der Waals surface area (Å²) in [4.78, 5) is 2.57. The number of para-hydroxylation sites is 2. The molecule has 2 aliphatic carbocycles. The van der Waals surface area contributed by atoms with Gasteiger partial charge in [-0.2, -0.15) is 0 Å². The molecule has 3 heterocycles. The van der Waals surface area contributed by atoms with Gasteiger partial charge in [0.05, 0.1) is 38.9 Å². The zero-order valence-electron chi connectivity index (χ0n) is 42.6. The van der Waals surface area contributed by atoms with Gasteiger partial charge in [-0.05, 0) is 150 Å². The van der Waals surface area contributed by atoms with Gasteiger partial charge in [0.25, 0.3) is 0 Å². The summed E-state index contributed by atoms with van der Waals surface area (Å²) in [6, 6.07) is 99.5. The summed E-state index contributed by atoms with van der Waals surface area (Å²) in [6.45, 7) is 0. The van der Waals surface area contributed by atoms with Crippen LogP contribution in [0.25, 0.3) is 125 Å². The van der Waals surface area contributed by atoms with Crippen molar-refractivity contribution in [1.82, 2.24) is 4.57 Å². The van der Waals surface area contributed by atoms with Crippen LogP contribution in [0.4, 0.5) is 17.1 Å². The highest BCUT2D eigenvalue weighted by atomic mass is 32.1. The first-order valence-electron chi connectivity index (χ1n) is 27.2. The molecule has 0 saturated carbocycles. The third-order valence-corrected chi connectivity index (χ3v) is 18.7. The van der Waals surface area contributed by atoms with Crippen molar-refractivity contribution in [2.75, 3.05) is 4.90 Å². The molecule has 13 aromatic carbocycles. The fourth-order valence-electron chi connectivity index (χ4n) is 14.4. The SMILES string of the molecule is c1ccc2c(c1)-c1ccccc1C21c2ccccc2-c2c(N(c3cccc4oc5ccccc5c34)c3cccc4sc5ccc(-c6ccc7c(c6)c6ccccc6n7-c6ccc7ccc8ccccc8c7c6)cc5c34)cccc21. The Kier molecular flexibility index (Phi) is 8.75. The lowest BCUT2D eigenvalue weighted by Gasteiger charge is -2.32. The van der Waals surface area contributed by atoms with E-state index in [1.165, 1.54) is 119 Å². The summed E-state index contributed by atoms with van der Waals surface area (Å²) in [5.74, 6) is 0. The van der Waals surface area contributed by atoms with Gasteiger partial charge in [0, 0.05) is 47.6 Å². The van der Waals surface area contributed by atoms with Crippen LogP contribution in [0.1, 0.15) is 22.3 Å². The van der Waals surface area contributed by atoms with Crippen molar-refractivity contribution in [3.8, 4) is 39.1 Å². The number of thiophene rings is 1. The third kappa shape index (κ3) is 5.80. The van der Waals surface area contributed by atoms with E-state index in [1.54, 1.807) is 0 Å². The van der Waals surface area contributed by atoms with Crippen molar-refractivity contribution in [1.29, 1.82) is 0 Å². The van der Waals surface area contributed by atoms with Crippen LogP contribution in [-0.4, -0.2) is 4.57 Å². The third-order valence-electron chi connectivity index (χ3n) is 17.6. The number of nitrogens with zero attached hydrogens (tertiary/aromatic N) is 2. The number of fused-ring (bicyclic) bond motifs is 22. The summed E-state index contributed by atoms with van der Waals surface area (Å²) >= 11 is 1.87. The van der Waals surface area contributed by atoms with E-state index in [2.05, 4.69) is 276 Å². The topological polar surface area (TPSA) is 21.3 Å². The van der Waals surface area contributed by atoms with Crippen molar-refractivity contribution in [3.63, 3.8) is 0 Å². The van der Waals surface area contributed by atoms with Crippen LogP contribution in [0.5, 0.6) is 0 Å². The minimum absolute atomic E-state index is 0.497. The average Bonchev–Trinajstić information content (AvgIpc) is 3.90. The first kappa shape index (κ1) is 43.1. The van der Waals surface area contributed by atoms with Crippen molar-refractivity contribution < 1.29 is 4.42 Å². The smallest absolute Gasteiger partial charge is 0.137 e. The van der Waals surface area contributed by atoms with Gasteiger partial charge in [-0.1, -0.05) is 188 Å². The molecule has 16 aromatic rings. The monoisotopic (exact) mass is 1020 g/mol. The number of anilines is 3. The van der Waals surface area contributed by atoms with Crippen molar-refractivity contribution in [2.45, 2.75) is 5.41 Å². The largest absolute Gasteiger partial charge is 0.456 e. The van der Waals surface area contributed by atoms with Crippen LogP contribution in [0.3, 0.4) is 0 Å². The zero-order valence-corrected chi connectivity index (χ0v) is 43.4. The number of benzene rings is 13. The van der Waals surface area contributed by atoms with Crippen molar-refractivity contribution in [3.05, 3.63) is 289 Å². The molecule has 3 aromatic heterocycles. The van der Waals surface area contributed by atoms with Crippen molar-refractivity contribution in [2.24, 2.45) is 0 Å². The summed E-state index contributed by atoms with van der Waals surface area (Å²) in [5, 5.41) is 12.1. The first-order valence-corrected chi connectivity index (χ1v) is 28.0. The maximum atomic E-state index is 6.72. The number of rotatable bonds is 5. The Labute approximate surface area is 458 Å². The number of aromatic nitrogens is 1. The van der Waals surface area contributed by atoms with E-state index in [4.69, 9.17) is 4.42 Å². The second-order valence-corrected chi connectivity index (χ2v) is 22.5. The van der Waals surface area contributed by atoms with Crippen LogP contribution in [0, 0.1) is 0 Å². The molecule has 79 heavy (non-hydrogen) atoms. The Morgan fingerprint density at radius 3 is 1.73 bits per heavy atom. The predicted molar refractivity (Wildman–Crippen MR) is 332 cm³/mol. The lowest BCUT2D eigenvalue weighted by molar-refractivity contribution is 0.669. The molecular weight excluding hydrogens is 977 g/mol. The Morgan fingerprint density at radius 1 is 0.342 bits per heavy atom. The minimum atomic E-state index is -0.497. The van der Waals surface area contributed by atoms with Gasteiger partial charge in [0.1, 0.15) is 11.2 Å². The molecule has 0 amide bonds. The van der Waals surface area contributed by atoms with Crippen LogP contribution < -0.4 is 4.90 Å². The van der Waals surface area contributed by atoms with Gasteiger partial charge in [0.2, 0.25) is 0 Å². The maximum absolute atomic E-state index is 6.72. The van der Waals surface area contributed by atoms with Gasteiger partial charge >= 0.3 is 0 Å². The standard InChI is InChI=1S/C75H44N2OS/c1-2-17-50-45(16-1)34-35-46-36-39-49(44-56(46)50)76-63-27-11-6-20-53(63)57-42-47(37-40-64(57)76)48-38-41-70-58(43-48)74-67(30-15-33-71(74)79-70)77(66-29-14-32-69-73(66)55-22-7-12-31-68(55)78-69)65-28-13-26-62-72(65)54-21-5-10-25-61(54)75(62)59-23-8-3-18-51(59)52-19-4-9-24-60(52)75/h1-44H. The molecule has 3 nitrogen and oxygen atoms in total. The van der Waals surface area contributed by atoms with E-state index in [9.17, 15) is 0 Å². The van der Waals surface area contributed by atoms with E-state index in [0.29, 0.717) is 0 Å². The highest BCUT2D eigenvalue weighted by molar-refractivity contribution is 7.26. The number of furan rings is 1. The summed E-state index contributed by atoms with van der Waals surface area (Å²) < 4.78 is 11.7. The van der Waals surface area contributed by atoms with Gasteiger partial charge < -0.3 is 13.9 Å². The molecule has 0 N–H and O–H groups in total. The molecule has 0 atom stereocenters. The minimum Gasteiger partial charge on any atom is -0.456 e. The Hall–Kier alpha value is -10.0. The molecule has 2 aliphatic rings. The van der Waals surface area contributed by atoms with Crippen molar-refractivity contribution >= 4 is 114 Å². The molecule has 0 unspecified atom stereocenters. The number of hydrogen-bond donors (Lipinski definition) is 0. The molecule has 0 bridgehead atoms. The molecule has 1 spiro atoms. The fraction of sp³-hybridized carbons (Fsp3) is 0.0133. The quantitative estimate of drug-likeness (QED) is 0.160. The lowest BCUT2D eigenvalue weighted by atomic mass is 9.70. The normalized spacial score (nSPS) is 13.2. The lowest BCUT2D eigenvalue weighted by Crippen LogP contribution is -2.26. The molecule has 18 rings (SSSR count). The second kappa shape index (κ2) is 16.0. The predicted octanol–water partition coefficient (Wildman–Crippen LogP) is 20.8. The number of hydrogen-bond acceptors (Lipinski definition) is 3. The Bertz CT molecular complexity index is 5260. The maximum Gasteiger partial charge on any atom is 0.137 e. The summed E-state index contributed by atoms with van der Waals surface area (Å²) in [5.41, 5.74) is 20.9. The highest BCUT2D eigenvalue weighted by Gasteiger charge is 2.52. The second-order valence-electron chi connectivity index (χ2n) is 21.4. The molecule has 0 aliphatic heterocycles. The average molecular weight is 1020 g/mol. The molecule has 0 saturated heterocycles. The van der Waals surface area contributed by atoms with Crippen LogP contribution in [0.15, 0.2) is 271 Å². The van der Waals surface area contributed by atoms with Gasteiger partial charge in [-0.25, -0.2) is 0 Å². The van der Waals surface area contributed by atoms with E-state index in [0.717, 1.165) is 44.7 Å². The van der Waals surface area contributed by atoms with Gasteiger partial charge in [-0.15, -0.1) is 11.3 Å².